The minimum Gasteiger partial charge on any atom is -0.398 e. The molecule has 0 saturated heterocycles. The molecule has 1 aliphatic carbocycles. The number of para-hydroxylation sites is 1. The molecule has 1 aromatic carbocycles. The fourth-order valence-corrected chi connectivity index (χ4v) is 2.35. The summed E-state index contributed by atoms with van der Waals surface area (Å²) in [6.45, 7) is 2.16. The van der Waals surface area contributed by atoms with E-state index >= 15 is 0 Å². The molecule has 13 heavy (non-hydrogen) atoms. The van der Waals surface area contributed by atoms with Crippen molar-refractivity contribution in [2.75, 3.05) is 11.5 Å². The van der Waals surface area contributed by atoms with Gasteiger partial charge in [0.1, 0.15) is 0 Å². The van der Waals surface area contributed by atoms with Crippen molar-refractivity contribution < 1.29 is 0 Å². The lowest BCUT2D eigenvalue weighted by molar-refractivity contribution is 1.12. The zero-order valence-corrected chi connectivity index (χ0v) is 8.73. The first kappa shape index (κ1) is 8.95. The summed E-state index contributed by atoms with van der Waals surface area (Å²) in [5.41, 5.74) is 8.49. The fourth-order valence-electron chi connectivity index (χ4n) is 1.59. The van der Waals surface area contributed by atoms with Gasteiger partial charge in [0.15, 0.2) is 0 Å². The second-order valence-electron chi connectivity index (χ2n) is 3.47. The van der Waals surface area contributed by atoms with Crippen LogP contribution >= 0.6 is 11.8 Å². The number of thioether (sulfide) groups is 1. The first-order valence-corrected chi connectivity index (χ1v) is 5.82. The van der Waals surface area contributed by atoms with Crippen LogP contribution in [0.15, 0.2) is 23.1 Å². The van der Waals surface area contributed by atoms with Gasteiger partial charge in [0, 0.05) is 10.6 Å². The molecule has 1 aromatic rings. The lowest BCUT2D eigenvalue weighted by Crippen LogP contribution is -1.94. The predicted octanol–water partition coefficient (Wildman–Crippen LogP) is 3.26. The number of hydrogen-bond donors (Lipinski definition) is 1. The van der Waals surface area contributed by atoms with E-state index in [1.807, 2.05) is 11.8 Å². The van der Waals surface area contributed by atoms with E-state index in [9.17, 15) is 0 Å². The highest BCUT2D eigenvalue weighted by Crippen LogP contribution is 2.44. The summed E-state index contributed by atoms with van der Waals surface area (Å²) in [6, 6.07) is 6.42. The van der Waals surface area contributed by atoms with E-state index in [4.69, 9.17) is 5.73 Å². The van der Waals surface area contributed by atoms with Crippen molar-refractivity contribution in [3.63, 3.8) is 0 Å². The topological polar surface area (TPSA) is 26.0 Å². The summed E-state index contributed by atoms with van der Waals surface area (Å²) in [7, 11) is 0. The van der Waals surface area contributed by atoms with E-state index in [2.05, 4.69) is 25.1 Å². The Labute approximate surface area is 83.7 Å². The lowest BCUT2D eigenvalue weighted by Gasteiger charge is -2.08. The highest BCUT2D eigenvalue weighted by atomic mass is 32.2. The SMILES string of the molecule is CCSc1cccc(C2CC2)c1N. The average molecular weight is 193 g/mol. The van der Waals surface area contributed by atoms with Crippen LogP contribution in [-0.2, 0) is 0 Å². The fraction of sp³-hybridized carbons (Fsp3) is 0.455. The number of anilines is 1. The zero-order valence-electron chi connectivity index (χ0n) is 7.92. The number of nitrogen functional groups attached to an aromatic ring is 1. The molecule has 70 valence electrons. The van der Waals surface area contributed by atoms with E-state index in [0.717, 1.165) is 17.4 Å². The van der Waals surface area contributed by atoms with Crippen LogP contribution in [0.2, 0.25) is 0 Å². The Balaban J connectivity index is 2.30. The van der Waals surface area contributed by atoms with Crippen LogP contribution in [0.5, 0.6) is 0 Å². The quantitative estimate of drug-likeness (QED) is 0.589. The van der Waals surface area contributed by atoms with Gasteiger partial charge in [0.05, 0.1) is 0 Å². The van der Waals surface area contributed by atoms with Crippen LogP contribution in [0.4, 0.5) is 5.69 Å². The number of benzene rings is 1. The van der Waals surface area contributed by atoms with Crippen LogP contribution in [0, 0.1) is 0 Å². The van der Waals surface area contributed by atoms with Crippen LogP contribution < -0.4 is 5.73 Å². The largest absolute Gasteiger partial charge is 0.398 e. The van der Waals surface area contributed by atoms with Gasteiger partial charge in [-0.1, -0.05) is 19.1 Å². The average Bonchev–Trinajstić information content (AvgIpc) is 2.92. The van der Waals surface area contributed by atoms with Crippen LogP contribution in [0.3, 0.4) is 0 Å². The number of rotatable bonds is 3. The minimum absolute atomic E-state index is 0.761. The van der Waals surface area contributed by atoms with E-state index < -0.39 is 0 Å². The molecule has 0 radical (unpaired) electrons. The first-order valence-electron chi connectivity index (χ1n) is 4.84. The lowest BCUT2D eigenvalue weighted by atomic mass is 10.1. The molecule has 0 unspecified atom stereocenters. The van der Waals surface area contributed by atoms with Gasteiger partial charge in [0.2, 0.25) is 0 Å². The molecule has 0 atom stereocenters. The second-order valence-corrected chi connectivity index (χ2v) is 4.77. The molecule has 0 amide bonds. The number of hydrogen-bond acceptors (Lipinski definition) is 2. The van der Waals surface area contributed by atoms with Crippen LogP contribution in [0.25, 0.3) is 0 Å². The van der Waals surface area contributed by atoms with E-state index in [-0.39, 0.29) is 0 Å². The van der Waals surface area contributed by atoms with Crippen molar-refractivity contribution in [2.45, 2.75) is 30.6 Å². The molecule has 0 bridgehead atoms. The Hall–Kier alpha value is -0.630. The second kappa shape index (κ2) is 3.62. The maximum absolute atomic E-state index is 6.09. The van der Waals surface area contributed by atoms with Crippen molar-refractivity contribution in [2.24, 2.45) is 0 Å². The summed E-state index contributed by atoms with van der Waals surface area (Å²) in [5, 5.41) is 0. The summed E-state index contributed by atoms with van der Waals surface area (Å²) >= 11 is 1.84. The Morgan fingerprint density at radius 3 is 2.85 bits per heavy atom. The molecule has 0 heterocycles. The smallest absolute Gasteiger partial charge is 0.0487 e. The molecule has 1 nitrogen and oxygen atoms in total. The highest BCUT2D eigenvalue weighted by Gasteiger charge is 2.25. The molecule has 2 heteroatoms. The van der Waals surface area contributed by atoms with Crippen LogP contribution in [0.1, 0.15) is 31.2 Å². The van der Waals surface area contributed by atoms with Gasteiger partial charge in [-0.2, -0.15) is 0 Å². The summed E-state index contributed by atoms with van der Waals surface area (Å²) < 4.78 is 0. The summed E-state index contributed by atoms with van der Waals surface area (Å²) in [5.74, 6) is 1.86. The maximum Gasteiger partial charge on any atom is 0.0487 e. The van der Waals surface area contributed by atoms with Gasteiger partial charge >= 0.3 is 0 Å². The predicted molar refractivity (Wildman–Crippen MR) is 59.2 cm³/mol. The summed E-state index contributed by atoms with van der Waals surface area (Å²) in [4.78, 5) is 1.26. The van der Waals surface area contributed by atoms with Crippen molar-refractivity contribution in [3.05, 3.63) is 23.8 Å². The third kappa shape index (κ3) is 1.83. The molecule has 1 fully saturated rings. The Bertz CT molecular complexity index is 305. The van der Waals surface area contributed by atoms with E-state index in [0.29, 0.717) is 0 Å². The van der Waals surface area contributed by atoms with Gasteiger partial charge in [0.25, 0.3) is 0 Å². The van der Waals surface area contributed by atoms with Gasteiger partial charge in [-0.15, -0.1) is 11.8 Å². The maximum atomic E-state index is 6.09. The highest BCUT2D eigenvalue weighted by molar-refractivity contribution is 7.99. The normalized spacial score (nSPS) is 16.1. The van der Waals surface area contributed by atoms with E-state index in [1.165, 1.54) is 23.3 Å². The van der Waals surface area contributed by atoms with Crippen molar-refractivity contribution in [1.29, 1.82) is 0 Å². The number of nitrogens with two attached hydrogens (primary N) is 1. The molecule has 0 aliphatic heterocycles. The van der Waals surface area contributed by atoms with Crippen molar-refractivity contribution in [3.8, 4) is 0 Å². The molecule has 1 aliphatic rings. The molecule has 1 saturated carbocycles. The third-order valence-corrected chi connectivity index (χ3v) is 3.37. The Morgan fingerprint density at radius 2 is 2.23 bits per heavy atom. The Kier molecular flexibility index (Phi) is 2.49. The van der Waals surface area contributed by atoms with Crippen molar-refractivity contribution in [1.82, 2.24) is 0 Å². The van der Waals surface area contributed by atoms with Crippen LogP contribution in [-0.4, -0.2) is 5.75 Å². The first-order chi connectivity index (χ1) is 6.33. The molecule has 2 rings (SSSR count). The Morgan fingerprint density at radius 1 is 1.46 bits per heavy atom. The minimum atomic E-state index is 0.761. The molecular weight excluding hydrogens is 178 g/mol. The van der Waals surface area contributed by atoms with Gasteiger partial charge in [-0.05, 0) is 36.1 Å². The molecular formula is C11H15NS. The van der Waals surface area contributed by atoms with E-state index in [1.54, 1.807) is 0 Å². The third-order valence-electron chi connectivity index (χ3n) is 2.42. The standard InChI is InChI=1S/C11H15NS/c1-2-13-10-5-3-4-9(11(10)12)8-6-7-8/h3-5,8H,2,6-7,12H2,1H3. The molecule has 2 N–H and O–H groups in total. The van der Waals surface area contributed by atoms with Gasteiger partial charge in [-0.25, -0.2) is 0 Å². The van der Waals surface area contributed by atoms with Gasteiger partial charge < -0.3 is 5.73 Å². The molecule has 0 spiro atoms. The summed E-state index contributed by atoms with van der Waals surface area (Å²) in [6.07, 6.45) is 2.65. The van der Waals surface area contributed by atoms with Gasteiger partial charge in [-0.3, -0.25) is 0 Å². The zero-order chi connectivity index (χ0) is 9.26. The molecule has 0 aromatic heterocycles. The van der Waals surface area contributed by atoms with Crippen molar-refractivity contribution >= 4 is 17.4 Å². The monoisotopic (exact) mass is 193 g/mol.